The van der Waals surface area contributed by atoms with Gasteiger partial charge in [0.15, 0.2) is 5.82 Å². The number of anilines is 1. The maximum atomic E-state index is 12.6. The van der Waals surface area contributed by atoms with E-state index in [4.69, 9.17) is 5.73 Å². The lowest BCUT2D eigenvalue weighted by molar-refractivity contribution is 0.137. The molecule has 0 aliphatic heterocycles. The fraction of sp³-hybridized carbons (Fsp3) is 0.273. The van der Waals surface area contributed by atoms with Crippen LogP contribution in [0.1, 0.15) is 17.9 Å². The predicted molar refractivity (Wildman–Crippen MR) is 60.5 cm³/mol. The van der Waals surface area contributed by atoms with Gasteiger partial charge in [0.05, 0.1) is 5.69 Å². The molecule has 0 saturated heterocycles. The molecule has 0 fully saturated rings. The Balaban J connectivity index is 2.50. The number of nitrogens with two attached hydrogens (primary N) is 1. The van der Waals surface area contributed by atoms with Gasteiger partial charge in [0.25, 0.3) is 6.43 Å². The van der Waals surface area contributed by atoms with Gasteiger partial charge in [0.1, 0.15) is 5.82 Å². The summed E-state index contributed by atoms with van der Waals surface area (Å²) in [7, 11) is 1.54. The highest BCUT2D eigenvalue weighted by atomic mass is 19.3. The number of rotatable bonds is 2. The minimum absolute atomic E-state index is 0.253. The number of imidazole rings is 1. The van der Waals surface area contributed by atoms with Crippen LogP contribution >= 0.6 is 0 Å². The van der Waals surface area contributed by atoms with Gasteiger partial charge in [-0.2, -0.15) is 0 Å². The van der Waals surface area contributed by atoms with Crippen LogP contribution in [0.4, 0.5) is 14.6 Å². The first kappa shape index (κ1) is 11.5. The van der Waals surface area contributed by atoms with Crippen LogP contribution in [0.3, 0.4) is 0 Å². The lowest BCUT2D eigenvalue weighted by Crippen LogP contribution is -1.96. The molecule has 2 N–H and O–H groups in total. The normalized spacial score (nSPS) is 11.1. The van der Waals surface area contributed by atoms with Crippen molar-refractivity contribution >= 4 is 5.82 Å². The summed E-state index contributed by atoms with van der Waals surface area (Å²) in [4.78, 5) is 7.98. The lowest BCUT2D eigenvalue weighted by Gasteiger charge is -2.02. The highest BCUT2D eigenvalue weighted by Gasteiger charge is 2.16. The van der Waals surface area contributed by atoms with Crippen molar-refractivity contribution < 1.29 is 8.78 Å². The van der Waals surface area contributed by atoms with E-state index in [0.29, 0.717) is 22.8 Å². The molecule has 0 spiro atoms. The average Bonchev–Trinajstić information content (AvgIpc) is 2.60. The number of halogens is 2. The number of pyridine rings is 1. The molecule has 2 rings (SSSR count). The van der Waals surface area contributed by atoms with E-state index in [1.807, 2.05) is 0 Å². The summed E-state index contributed by atoms with van der Waals surface area (Å²) in [5, 5.41) is 0. The second-order valence-corrected chi connectivity index (χ2v) is 3.77. The molecule has 0 bridgehead atoms. The summed E-state index contributed by atoms with van der Waals surface area (Å²) in [6, 6.07) is 3.36. The van der Waals surface area contributed by atoms with Crippen molar-refractivity contribution in [2.75, 3.05) is 5.73 Å². The van der Waals surface area contributed by atoms with E-state index in [9.17, 15) is 8.78 Å². The summed E-state index contributed by atoms with van der Waals surface area (Å²) in [6.45, 7) is 1.77. The van der Waals surface area contributed by atoms with Crippen LogP contribution in [-0.4, -0.2) is 14.5 Å². The Morgan fingerprint density at radius 2 is 2.00 bits per heavy atom. The topological polar surface area (TPSA) is 56.7 Å². The standard InChI is InChI=1S/C11H12F2N4/c1-6-7(3-4-9(14)15-6)8-5-17(2)11(16-8)10(12)13/h3-5,10H,1-2H3,(H2,14,15). The Labute approximate surface area is 97.1 Å². The molecule has 4 nitrogen and oxygen atoms in total. The summed E-state index contributed by atoms with van der Waals surface area (Å²) >= 11 is 0. The van der Waals surface area contributed by atoms with Crippen molar-refractivity contribution in [2.45, 2.75) is 13.3 Å². The second-order valence-electron chi connectivity index (χ2n) is 3.77. The predicted octanol–water partition coefficient (Wildman–Crippen LogP) is 2.31. The first-order valence-corrected chi connectivity index (χ1v) is 5.04. The van der Waals surface area contributed by atoms with Crippen molar-refractivity contribution in [1.29, 1.82) is 0 Å². The van der Waals surface area contributed by atoms with Crippen LogP contribution in [0.25, 0.3) is 11.3 Å². The zero-order valence-corrected chi connectivity index (χ0v) is 9.48. The quantitative estimate of drug-likeness (QED) is 0.873. The van der Waals surface area contributed by atoms with Crippen molar-refractivity contribution in [3.05, 3.63) is 29.8 Å². The maximum absolute atomic E-state index is 12.6. The Bertz CT molecular complexity index is 548. The van der Waals surface area contributed by atoms with Crippen LogP contribution < -0.4 is 5.73 Å². The zero-order valence-electron chi connectivity index (χ0n) is 9.48. The van der Waals surface area contributed by atoms with E-state index >= 15 is 0 Å². The van der Waals surface area contributed by atoms with Crippen molar-refractivity contribution in [1.82, 2.24) is 14.5 Å². The smallest absolute Gasteiger partial charge is 0.295 e. The fourth-order valence-corrected chi connectivity index (χ4v) is 1.66. The van der Waals surface area contributed by atoms with E-state index in [1.54, 1.807) is 25.3 Å². The number of nitrogen functional groups attached to an aromatic ring is 1. The molecule has 2 aromatic rings. The minimum atomic E-state index is -2.59. The van der Waals surface area contributed by atoms with Crippen LogP contribution in [0.2, 0.25) is 0 Å². The molecular weight excluding hydrogens is 226 g/mol. The van der Waals surface area contributed by atoms with Crippen LogP contribution in [-0.2, 0) is 7.05 Å². The number of nitrogens with zero attached hydrogens (tertiary/aromatic N) is 3. The molecule has 0 unspecified atom stereocenters. The van der Waals surface area contributed by atoms with Crippen LogP contribution in [0.15, 0.2) is 18.3 Å². The van der Waals surface area contributed by atoms with Gasteiger partial charge in [-0.1, -0.05) is 0 Å². The molecule has 0 aliphatic carbocycles. The number of aryl methyl sites for hydroxylation is 2. The third kappa shape index (κ3) is 2.11. The summed E-state index contributed by atoms with van der Waals surface area (Å²) in [5.41, 5.74) is 7.39. The zero-order chi connectivity index (χ0) is 12.6. The molecule has 2 heterocycles. The Kier molecular flexibility index (Phi) is 2.79. The molecule has 0 amide bonds. The molecule has 0 aromatic carbocycles. The number of alkyl halides is 2. The van der Waals surface area contributed by atoms with E-state index in [2.05, 4.69) is 9.97 Å². The van der Waals surface area contributed by atoms with E-state index < -0.39 is 6.43 Å². The molecule has 90 valence electrons. The summed E-state index contributed by atoms with van der Waals surface area (Å²) in [6.07, 6.45) is -1.03. The molecule has 17 heavy (non-hydrogen) atoms. The van der Waals surface area contributed by atoms with Crippen molar-refractivity contribution in [3.63, 3.8) is 0 Å². The van der Waals surface area contributed by atoms with Gasteiger partial charge < -0.3 is 10.3 Å². The number of hydrogen-bond acceptors (Lipinski definition) is 3. The minimum Gasteiger partial charge on any atom is -0.384 e. The first-order chi connectivity index (χ1) is 7.99. The molecular formula is C11H12F2N4. The Morgan fingerprint density at radius 1 is 1.29 bits per heavy atom. The SMILES string of the molecule is Cc1nc(N)ccc1-c1cn(C)c(C(F)F)n1. The van der Waals surface area contributed by atoms with Crippen molar-refractivity contribution in [3.8, 4) is 11.3 Å². The van der Waals surface area contributed by atoms with Gasteiger partial charge >= 0.3 is 0 Å². The van der Waals surface area contributed by atoms with E-state index in [0.717, 1.165) is 0 Å². The van der Waals surface area contributed by atoms with Crippen LogP contribution in [0, 0.1) is 6.92 Å². The lowest BCUT2D eigenvalue weighted by atomic mass is 10.1. The summed E-state index contributed by atoms with van der Waals surface area (Å²) < 4.78 is 26.5. The highest BCUT2D eigenvalue weighted by molar-refractivity contribution is 5.62. The van der Waals surface area contributed by atoms with Crippen LogP contribution in [0.5, 0.6) is 0 Å². The molecule has 2 aromatic heterocycles. The Hall–Kier alpha value is -1.98. The molecule has 0 radical (unpaired) electrons. The molecule has 6 heteroatoms. The summed E-state index contributed by atoms with van der Waals surface area (Å²) in [5.74, 6) is 0.146. The first-order valence-electron chi connectivity index (χ1n) is 5.04. The second kappa shape index (κ2) is 4.12. The highest BCUT2D eigenvalue weighted by Crippen LogP contribution is 2.25. The van der Waals surface area contributed by atoms with Gasteiger partial charge in [-0.15, -0.1) is 0 Å². The van der Waals surface area contributed by atoms with Gasteiger partial charge in [-0.25, -0.2) is 18.7 Å². The van der Waals surface area contributed by atoms with E-state index in [-0.39, 0.29) is 5.82 Å². The van der Waals surface area contributed by atoms with Gasteiger partial charge in [0.2, 0.25) is 0 Å². The number of hydrogen-bond donors (Lipinski definition) is 1. The monoisotopic (exact) mass is 238 g/mol. The maximum Gasteiger partial charge on any atom is 0.295 e. The van der Waals surface area contributed by atoms with Gasteiger partial charge in [-0.3, -0.25) is 0 Å². The Morgan fingerprint density at radius 3 is 2.53 bits per heavy atom. The number of aromatic nitrogens is 3. The average molecular weight is 238 g/mol. The van der Waals surface area contributed by atoms with E-state index in [1.165, 1.54) is 11.6 Å². The van der Waals surface area contributed by atoms with Crippen molar-refractivity contribution in [2.24, 2.45) is 7.05 Å². The molecule has 0 saturated carbocycles. The largest absolute Gasteiger partial charge is 0.384 e. The third-order valence-corrected chi connectivity index (χ3v) is 2.49. The molecule has 0 aliphatic rings. The fourth-order valence-electron chi connectivity index (χ4n) is 1.66. The van der Waals surface area contributed by atoms with Gasteiger partial charge in [0, 0.05) is 24.5 Å². The third-order valence-electron chi connectivity index (χ3n) is 2.49. The molecule has 0 atom stereocenters. The van der Waals surface area contributed by atoms with Gasteiger partial charge in [-0.05, 0) is 19.1 Å².